The summed E-state index contributed by atoms with van der Waals surface area (Å²) in [4.78, 5) is 15.2. The Labute approximate surface area is 183 Å². The Hall–Kier alpha value is -3.21. The summed E-state index contributed by atoms with van der Waals surface area (Å²) in [5, 5.41) is 0. The molecule has 2 aliphatic heterocycles. The number of rotatable bonds is 3. The highest BCUT2D eigenvalue weighted by Gasteiger charge is 2.45. The van der Waals surface area contributed by atoms with Crippen molar-refractivity contribution in [2.24, 2.45) is 0 Å². The largest absolute Gasteiger partial charge is 0.496 e. The summed E-state index contributed by atoms with van der Waals surface area (Å²) < 4.78 is 14.4. The first-order valence-electron chi connectivity index (χ1n) is 11.0. The van der Waals surface area contributed by atoms with Crippen molar-refractivity contribution in [2.75, 3.05) is 20.2 Å². The van der Waals surface area contributed by atoms with E-state index in [1.165, 1.54) is 11.3 Å². The Bertz CT molecular complexity index is 1140. The van der Waals surface area contributed by atoms with Crippen molar-refractivity contribution in [2.45, 2.75) is 38.7 Å². The van der Waals surface area contributed by atoms with Crippen molar-refractivity contribution < 1.29 is 14.3 Å². The van der Waals surface area contributed by atoms with Gasteiger partial charge in [-0.15, -0.1) is 0 Å². The van der Waals surface area contributed by atoms with Gasteiger partial charge in [-0.05, 0) is 54.8 Å². The molecule has 1 fully saturated rings. The third-order valence-corrected chi connectivity index (χ3v) is 6.72. The van der Waals surface area contributed by atoms with Crippen LogP contribution in [-0.4, -0.2) is 35.6 Å². The number of piperidine rings is 1. The molecule has 5 heteroatoms. The van der Waals surface area contributed by atoms with Gasteiger partial charge in [0.05, 0.1) is 18.5 Å². The number of amides is 1. The Balaban J connectivity index is 1.41. The molecule has 3 aromatic rings. The minimum Gasteiger partial charge on any atom is -0.496 e. The number of aromatic nitrogens is 1. The monoisotopic (exact) mass is 416 g/mol. The fraction of sp³-hybridized carbons (Fsp3) is 0.346. The molecule has 0 N–H and O–H groups in total. The number of methoxy groups -OCH3 is 1. The number of hydrogen-bond donors (Lipinski definition) is 0. The average Bonchev–Trinajstić information content (AvgIpc) is 3.21. The van der Waals surface area contributed by atoms with Crippen LogP contribution < -0.4 is 9.47 Å². The zero-order valence-corrected chi connectivity index (χ0v) is 18.4. The zero-order chi connectivity index (χ0) is 21.6. The first-order valence-corrected chi connectivity index (χ1v) is 11.0. The number of benzene rings is 2. The van der Waals surface area contributed by atoms with Gasteiger partial charge in [-0.2, -0.15) is 0 Å². The van der Waals surface area contributed by atoms with E-state index in [1.54, 1.807) is 7.11 Å². The molecule has 160 valence electrons. The maximum atomic E-state index is 13.2. The van der Waals surface area contributed by atoms with Crippen LogP contribution >= 0.6 is 0 Å². The van der Waals surface area contributed by atoms with Gasteiger partial charge in [0, 0.05) is 37.7 Å². The van der Waals surface area contributed by atoms with E-state index in [0.29, 0.717) is 18.7 Å². The van der Waals surface area contributed by atoms with E-state index < -0.39 is 5.60 Å². The second-order valence-corrected chi connectivity index (χ2v) is 8.45. The predicted octanol–water partition coefficient (Wildman–Crippen LogP) is 4.88. The van der Waals surface area contributed by atoms with Crippen LogP contribution in [0.15, 0.2) is 54.7 Å². The summed E-state index contributed by atoms with van der Waals surface area (Å²) in [5.41, 5.74) is 4.92. The van der Waals surface area contributed by atoms with Crippen LogP contribution in [0.1, 0.15) is 46.9 Å². The van der Waals surface area contributed by atoms with Crippen molar-refractivity contribution in [1.29, 1.82) is 0 Å². The van der Waals surface area contributed by atoms with Crippen molar-refractivity contribution in [3.63, 3.8) is 0 Å². The zero-order valence-electron chi connectivity index (χ0n) is 18.4. The maximum Gasteiger partial charge on any atom is 0.253 e. The third kappa shape index (κ3) is 3.11. The molecular formula is C26H28N2O3. The van der Waals surface area contributed by atoms with Crippen LogP contribution in [0.25, 0.3) is 5.69 Å². The van der Waals surface area contributed by atoms with Crippen LogP contribution in [0, 0.1) is 6.92 Å². The molecule has 5 nitrogen and oxygen atoms in total. The molecule has 1 aromatic heterocycles. The van der Waals surface area contributed by atoms with Gasteiger partial charge in [-0.3, -0.25) is 4.79 Å². The van der Waals surface area contributed by atoms with Crippen LogP contribution in [0.4, 0.5) is 0 Å². The van der Waals surface area contributed by atoms with E-state index in [9.17, 15) is 4.79 Å². The van der Waals surface area contributed by atoms with Gasteiger partial charge >= 0.3 is 0 Å². The van der Waals surface area contributed by atoms with Crippen molar-refractivity contribution in [1.82, 2.24) is 9.47 Å². The second kappa shape index (κ2) is 7.49. The van der Waals surface area contributed by atoms with E-state index in [4.69, 9.17) is 9.47 Å². The molecule has 1 spiro atoms. The quantitative estimate of drug-likeness (QED) is 0.611. The fourth-order valence-corrected chi connectivity index (χ4v) is 5.07. The molecule has 5 rings (SSSR count). The van der Waals surface area contributed by atoms with E-state index in [0.717, 1.165) is 42.0 Å². The summed E-state index contributed by atoms with van der Waals surface area (Å²) in [5.74, 6) is 1.74. The highest BCUT2D eigenvalue weighted by Crippen LogP contribution is 2.46. The number of carbonyl (C=O) groups excluding carboxylic acids is 1. The Kier molecular flexibility index (Phi) is 4.77. The topological polar surface area (TPSA) is 43.7 Å². The first-order chi connectivity index (χ1) is 15.1. The standard InChI is InChI=1S/C26H28N2O3/c1-4-19-9-10-20(17-23(19)30-3)25(29)27-15-12-26(13-16-27)24-18(2)11-14-28(24)21-7-5-6-8-22(21)31-26/h5-11,14,17H,4,12-13,15-16H2,1-3H3. The van der Waals surface area contributed by atoms with Crippen LogP contribution in [-0.2, 0) is 12.0 Å². The Morgan fingerprint density at radius 1 is 1.13 bits per heavy atom. The SMILES string of the molecule is CCc1ccc(C(=O)N2CCC3(CC2)Oc2ccccc2-n2ccc(C)c23)cc1OC. The first kappa shape index (κ1) is 19.7. The van der Waals surface area contributed by atoms with Crippen LogP contribution in [0.2, 0.25) is 0 Å². The summed E-state index contributed by atoms with van der Waals surface area (Å²) in [7, 11) is 1.66. The van der Waals surface area contributed by atoms with Gasteiger partial charge in [0.1, 0.15) is 11.5 Å². The van der Waals surface area contributed by atoms with Gasteiger partial charge < -0.3 is 18.9 Å². The normalized spacial score (nSPS) is 16.4. The smallest absolute Gasteiger partial charge is 0.253 e. The molecule has 0 atom stereocenters. The lowest BCUT2D eigenvalue weighted by molar-refractivity contribution is -0.00977. The predicted molar refractivity (Wildman–Crippen MR) is 120 cm³/mol. The number of carbonyl (C=O) groups is 1. The van der Waals surface area contributed by atoms with E-state index >= 15 is 0 Å². The maximum absolute atomic E-state index is 13.2. The van der Waals surface area contributed by atoms with Crippen molar-refractivity contribution in [3.05, 3.63) is 77.1 Å². The molecule has 0 aliphatic carbocycles. The summed E-state index contributed by atoms with van der Waals surface area (Å²) >= 11 is 0. The fourth-order valence-electron chi connectivity index (χ4n) is 5.07. The molecule has 0 radical (unpaired) electrons. The Morgan fingerprint density at radius 2 is 1.90 bits per heavy atom. The molecule has 2 aliphatic rings. The van der Waals surface area contributed by atoms with E-state index in [1.807, 2.05) is 41.3 Å². The highest BCUT2D eigenvalue weighted by molar-refractivity contribution is 5.94. The molecule has 31 heavy (non-hydrogen) atoms. The number of ether oxygens (including phenoxy) is 2. The minimum atomic E-state index is -0.400. The van der Waals surface area contributed by atoms with Crippen molar-refractivity contribution in [3.8, 4) is 17.2 Å². The van der Waals surface area contributed by atoms with E-state index in [2.05, 4.69) is 36.7 Å². The lowest BCUT2D eigenvalue weighted by Crippen LogP contribution is -2.50. The Morgan fingerprint density at radius 3 is 2.65 bits per heavy atom. The summed E-state index contributed by atoms with van der Waals surface area (Å²) in [6.45, 7) is 5.54. The lowest BCUT2D eigenvalue weighted by Gasteiger charge is -2.45. The summed E-state index contributed by atoms with van der Waals surface area (Å²) in [6, 6.07) is 16.1. The van der Waals surface area contributed by atoms with Gasteiger partial charge in [-0.25, -0.2) is 0 Å². The molecule has 1 saturated heterocycles. The molecule has 0 unspecified atom stereocenters. The van der Waals surface area contributed by atoms with Gasteiger partial charge in [-0.1, -0.05) is 25.1 Å². The van der Waals surface area contributed by atoms with Crippen molar-refractivity contribution >= 4 is 5.91 Å². The molecule has 1 amide bonds. The number of nitrogens with zero attached hydrogens (tertiary/aromatic N) is 2. The lowest BCUT2D eigenvalue weighted by atomic mass is 9.84. The van der Waals surface area contributed by atoms with Crippen LogP contribution in [0.3, 0.4) is 0 Å². The number of fused-ring (bicyclic) bond motifs is 4. The third-order valence-electron chi connectivity index (χ3n) is 6.72. The molecule has 2 aromatic carbocycles. The highest BCUT2D eigenvalue weighted by atomic mass is 16.5. The minimum absolute atomic E-state index is 0.0547. The molecule has 3 heterocycles. The van der Waals surface area contributed by atoms with Gasteiger partial charge in [0.2, 0.25) is 0 Å². The average molecular weight is 417 g/mol. The summed E-state index contributed by atoms with van der Waals surface area (Å²) in [6.07, 6.45) is 4.54. The van der Waals surface area contributed by atoms with E-state index in [-0.39, 0.29) is 5.91 Å². The number of para-hydroxylation sites is 2. The second-order valence-electron chi connectivity index (χ2n) is 8.45. The molecule has 0 saturated carbocycles. The number of hydrogen-bond acceptors (Lipinski definition) is 3. The molecule has 0 bridgehead atoms. The number of aryl methyl sites for hydroxylation is 2. The van der Waals surface area contributed by atoms with Gasteiger partial charge in [0.15, 0.2) is 5.60 Å². The van der Waals surface area contributed by atoms with Crippen LogP contribution in [0.5, 0.6) is 11.5 Å². The number of likely N-dealkylation sites (tertiary alicyclic amines) is 1. The van der Waals surface area contributed by atoms with Gasteiger partial charge in [0.25, 0.3) is 5.91 Å². The molecular weight excluding hydrogens is 388 g/mol.